The van der Waals surface area contributed by atoms with Crippen LogP contribution in [0.2, 0.25) is 0 Å². The molecular weight excluding hydrogens is 422 g/mol. The Hall–Kier alpha value is -3.97. The Morgan fingerprint density at radius 3 is 2.34 bits per heavy atom. The van der Waals surface area contributed by atoms with Crippen LogP contribution in [0, 0.1) is 0 Å². The van der Waals surface area contributed by atoms with Crippen molar-refractivity contribution >= 4 is 40.9 Å². The van der Waals surface area contributed by atoms with Crippen molar-refractivity contribution in [3.63, 3.8) is 0 Å². The van der Waals surface area contributed by atoms with Crippen LogP contribution in [0.4, 0.5) is 5.69 Å². The zero-order valence-corrected chi connectivity index (χ0v) is 18.3. The highest BCUT2D eigenvalue weighted by Crippen LogP contribution is 2.15. The number of methoxy groups -OCH3 is 1. The monoisotopic (exact) mass is 445 g/mol. The average molecular weight is 446 g/mol. The van der Waals surface area contributed by atoms with Gasteiger partial charge in [-0.3, -0.25) is 14.9 Å². The van der Waals surface area contributed by atoms with E-state index in [1.54, 1.807) is 37.5 Å². The third kappa shape index (κ3) is 6.78. The van der Waals surface area contributed by atoms with Crippen molar-refractivity contribution in [2.24, 2.45) is 0 Å². The fourth-order valence-corrected chi connectivity index (χ4v) is 3.07. The van der Waals surface area contributed by atoms with Gasteiger partial charge in [0, 0.05) is 12.6 Å². The number of hydrogen-bond acceptors (Lipinski definition) is 4. The minimum Gasteiger partial charge on any atom is -0.497 e. The Morgan fingerprint density at radius 1 is 0.938 bits per heavy atom. The van der Waals surface area contributed by atoms with Crippen LogP contribution in [0.25, 0.3) is 6.08 Å². The molecule has 0 unspecified atom stereocenters. The van der Waals surface area contributed by atoms with Crippen LogP contribution in [0.1, 0.15) is 21.5 Å². The zero-order chi connectivity index (χ0) is 22.8. The number of amides is 2. The van der Waals surface area contributed by atoms with Crippen molar-refractivity contribution < 1.29 is 14.3 Å². The van der Waals surface area contributed by atoms with Crippen LogP contribution in [0.3, 0.4) is 0 Å². The first-order valence-electron chi connectivity index (χ1n) is 9.90. The molecule has 0 aliphatic carbocycles. The van der Waals surface area contributed by atoms with E-state index in [2.05, 4.69) is 16.0 Å². The van der Waals surface area contributed by atoms with E-state index in [0.717, 1.165) is 16.9 Å². The number of hydrogen-bond donors (Lipinski definition) is 3. The summed E-state index contributed by atoms with van der Waals surface area (Å²) >= 11 is 5.24. The molecule has 0 spiro atoms. The second kappa shape index (κ2) is 11.4. The fraction of sp³-hybridized carbons (Fsp3) is 0.0800. The summed E-state index contributed by atoms with van der Waals surface area (Å²) in [4.78, 5) is 24.8. The lowest BCUT2D eigenvalue weighted by atomic mass is 10.1. The minimum atomic E-state index is -0.385. The van der Waals surface area contributed by atoms with E-state index in [0.29, 0.717) is 17.8 Å². The van der Waals surface area contributed by atoms with Crippen LogP contribution in [0.5, 0.6) is 5.75 Å². The standard InChI is InChI=1S/C25H23N3O3S/c1-31-20-14-11-18(12-15-20)13-16-23(29)28-25(32)27-22-10-6-5-9-21(22)24(30)26-17-19-7-3-2-4-8-19/h2-16H,17H2,1H3,(H,26,30)(H2,27,28,29,32). The van der Waals surface area contributed by atoms with Crippen LogP contribution in [0.15, 0.2) is 84.9 Å². The van der Waals surface area contributed by atoms with E-state index in [1.807, 2.05) is 54.6 Å². The molecule has 162 valence electrons. The molecule has 6 nitrogen and oxygen atoms in total. The summed E-state index contributed by atoms with van der Waals surface area (Å²) < 4.78 is 5.11. The predicted octanol–water partition coefficient (Wildman–Crippen LogP) is 4.15. The predicted molar refractivity (Wildman–Crippen MR) is 130 cm³/mol. The molecule has 0 aliphatic rings. The summed E-state index contributed by atoms with van der Waals surface area (Å²) in [6.07, 6.45) is 3.05. The zero-order valence-electron chi connectivity index (χ0n) is 17.5. The Bertz CT molecular complexity index is 1110. The fourth-order valence-electron chi connectivity index (χ4n) is 2.86. The summed E-state index contributed by atoms with van der Waals surface area (Å²) in [6.45, 7) is 0.408. The molecule has 0 bridgehead atoms. The molecule has 0 aliphatic heterocycles. The van der Waals surface area contributed by atoms with Gasteiger partial charge in [0.2, 0.25) is 5.91 Å². The number of thiocarbonyl (C=S) groups is 1. The summed E-state index contributed by atoms with van der Waals surface area (Å²) in [6, 6.07) is 23.9. The van der Waals surface area contributed by atoms with Crippen molar-refractivity contribution in [2.75, 3.05) is 12.4 Å². The highest BCUT2D eigenvalue weighted by atomic mass is 32.1. The van der Waals surface area contributed by atoms with E-state index in [4.69, 9.17) is 17.0 Å². The topological polar surface area (TPSA) is 79.5 Å². The molecule has 0 heterocycles. The molecule has 3 aromatic rings. The Labute approximate surface area is 192 Å². The van der Waals surface area contributed by atoms with E-state index >= 15 is 0 Å². The maximum Gasteiger partial charge on any atom is 0.253 e. The number of nitrogens with one attached hydrogen (secondary N) is 3. The largest absolute Gasteiger partial charge is 0.497 e. The first-order valence-corrected chi connectivity index (χ1v) is 10.3. The first-order chi connectivity index (χ1) is 15.5. The third-order valence-electron chi connectivity index (χ3n) is 4.50. The second-order valence-electron chi connectivity index (χ2n) is 6.76. The molecule has 0 saturated heterocycles. The number of benzene rings is 3. The molecule has 2 amide bonds. The molecule has 0 radical (unpaired) electrons. The number of carbonyl (C=O) groups is 2. The van der Waals surface area contributed by atoms with Gasteiger partial charge < -0.3 is 15.4 Å². The molecular formula is C25H23N3O3S. The number of ether oxygens (including phenoxy) is 1. The lowest BCUT2D eigenvalue weighted by Gasteiger charge is -2.13. The Kier molecular flexibility index (Phi) is 8.11. The molecule has 0 saturated carbocycles. The molecule has 0 aromatic heterocycles. The molecule has 7 heteroatoms. The van der Waals surface area contributed by atoms with Crippen LogP contribution >= 0.6 is 12.2 Å². The molecule has 32 heavy (non-hydrogen) atoms. The van der Waals surface area contributed by atoms with Crippen molar-refractivity contribution in [3.05, 3.63) is 102 Å². The van der Waals surface area contributed by atoms with Crippen molar-refractivity contribution in [1.29, 1.82) is 0 Å². The molecule has 3 N–H and O–H groups in total. The number of rotatable bonds is 7. The van der Waals surface area contributed by atoms with E-state index < -0.39 is 0 Å². The minimum absolute atomic E-state index is 0.0951. The smallest absolute Gasteiger partial charge is 0.253 e. The maximum absolute atomic E-state index is 12.6. The van der Waals surface area contributed by atoms with Gasteiger partial charge in [-0.1, -0.05) is 54.6 Å². The van der Waals surface area contributed by atoms with Gasteiger partial charge in [0.1, 0.15) is 5.75 Å². The Balaban J connectivity index is 1.56. The maximum atomic E-state index is 12.6. The van der Waals surface area contributed by atoms with E-state index in [-0.39, 0.29) is 16.9 Å². The highest BCUT2D eigenvalue weighted by Gasteiger charge is 2.12. The van der Waals surface area contributed by atoms with Gasteiger partial charge in [0.05, 0.1) is 18.4 Å². The SMILES string of the molecule is COc1ccc(C=CC(=O)NC(=S)Nc2ccccc2C(=O)NCc2ccccc2)cc1. The van der Waals surface area contributed by atoms with Gasteiger partial charge in [-0.05, 0) is 53.7 Å². The summed E-state index contributed by atoms with van der Waals surface area (Å²) in [5, 5.41) is 8.49. The Morgan fingerprint density at radius 2 is 1.62 bits per heavy atom. The average Bonchev–Trinajstić information content (AvgIpc) is 2.82. The van der Waals surface area contributed by atoms with Gasteiger partial charge in [-0.2, -0.15) is 0 Å². The van der Waals surface area contributed by atoms with Crippen molar-refractivity contribution in [1.82, 2.24) is 10.6 Å². The number of para-hydroxylation sites is 1. The highest BCUT2D eigenvalue weighted by molar-refractivity contribution is 7.80. The first kappa shape index (κ1) is 22.7. The van der Waals surface area contributed by atoms with E-state index in [1.165, 1.54) is 6.08 Å². The summed E-state index contributed by atoms with van der Waals surface area (Å²) in [7, 11) is 1.59. The summed E-state index contributed by atoms with van der Waals surface area (Å²) in [5.74, 6) is 0.109. The van der Waals surface area contributed by atoms with E-state index in [9.17, 15) is 9.59 Å². The van der Waals surface area contributed by atoms with Gasteiger partial charge in [-0.25, -0.2) is 0 Å². The van der Waals surface area contributed by atoms with Gasteiger partial charge in [0.25, 0.3) is 5.91 Å². The summed E-state index contributed by atoms with van der Waals surface area (Å²) in [5.41, 5.74) is 2.77. The molecule has 0 fully saturated rings. The van der Waals surface area contributed by atoms with Gasteiger partial charge in [-0.15, -0.1) is 0 Å². The molecule has 3 rings (SSSR count). The van der Waals surface area contributed by atoms with Gasteiger partial charge in [0.15, 0.2) is 5.11 Å². The number of anilines is 1. The number of carbonyl (C=O) groups excluding carboxylic acids is 2. The molecule has 3 aromatic carbocycles. The lowest BCUT2D eigenvalue weighted by molar-refractivity contribution is -0.115. The van der Waals surface area contributed by atoms with Gasteiger partial charge >= 0.3 is 0 Å². The normalized spacial score (nSPS) is 10.4. The van der Waals surface area contributed by atoms with Crippen LogP contribution in [-0.2, 0) is 11.3 Å². The lowest BCUT2D eigenvalue weighted by Crippen LogP contribution is -2.33. The molecule has 0 atom stereocenters. The third-order valence-corrected chi connectivity index (χ3v) is 4.70. The van der Waals surface area contributed by atoms with Crippen LogP contribution in [-0.4, -0.2) is 24.0 Å². The van der Waals surface area contributed by atoms with Crippen molar-refractivity contribution in [3.8, 4) is 5.75 Å². The van der Waals surface area contributed by atoms with Crippen LogP contribution < -0.4 is 20.7 Å². The quantitative estimate of drug-likeness (QED) is 0.376. The second-order valence-corrected chi connectivity index (χ2v) is 7.17. The van der Waals surface area contributed by atoms with Crippen molar-refractivity contribution in [2.45, 2.75) is 6.54 Å².